The average Bonchev–Trinajstić information content (AvgIpc) is 3.14. The molecule has 2 aromatic heterocycles. The highest BCUT2D eigenvalue weighted by molar-refractivity contribution is 6.04. The number of anilines is 2. The Kier molecular flexibility index (Phi) is 5.24. The van der Waals surface area contributed by atoms with E-state index in [1.807, 2.05) is 16.6 Å². The number of hydrogen-bond donors (Lipinski definition) is 2. The van der Waals surface area contributed by atoms with E-state index < -0.39 is 5.60 Å². The third-order valence-corrected chi connectivity index (χ3v) is 5.63. The van der Waals surface area contributed by atoms with Gasteiger partial charge >= 0.3 is 0 Å². The molecule has 1 aromatic carbocycles. The second kappa shape index (κ2) is 7.72. The molecule has 7 nitrogen and oxygen atoms in total. The van der Waals surface area contributed by atoms with Crippen LogP contribution in [0.2, 0.25) is 0 Å². The minimum absolute atomic E-state index is 0.236. The van der Waals surface area contributed by atoms with Crippen molar-refractivity contribution >= 4 is 23.2 Å². The first-order chi connectivity index (χ1) is 14.2. The summed E-state index contributed by atoms with van der Waals surface area (Å²) in [6, 6.07) is 10.7. The van der Waals surface area contributed by atoms with Crippen LogP contribution in [-0.4, -0.2) is 38.7 Å². The van der Waals surface area contributed by atoms with Gasteiger partial charge in [0.15, 0.2) is 5.65 Å². The zero-order valence-corrected chi connectivity index (χ0v) is 18.0. The molecule has 2 unspecified atom stereocenters. The van der Waals surface area contributed by atoms with Crippen LogP contribution >= 0.6 is 0 Å². The molecule has 30 heavy (non-hydrogen) atoms. The highest BCUT2D eigenvalue weighted by atomic mass is 16.3. The predicted molar refractivity (Wildman–Crippen MR) is 118 cm³/mol. The number of benzene rings is 1. The van der Waals surface area contributed by atoms with Gasteiger partial charge in [-0.05, 0) is 49.8 Å². The first kappa shape index (κ1) is 20.3. The number of hydrogen-bond acceptors (Lipinski definition) is 5. The Bertz CT molecular complexity index is 1040. The maximum Gasteiger partial charge on any atom is 0.256 e. The van der Waals surface area contributed by atoms with Crippen molar-refractivity contribution in [2.45, 2.75) is 39.7 Å². The minimum atomic E-state index is -0.943. The number of piperidine rings is 1. The highest BCUT2D eigenvalue weighted by Crippen LogP contribution is 2.28. The van der Waals surface area contributed by atoms with Gasteiger partial charge in [0.25, 0.3) is 5.91 Å². The average molecular weight is 408 g/mol. The van der Waals surface area contributed by atoms with Crippen LogP contribution in [-0.2, 0) is 5.60 Å². The maximum atomic E-state index is 12.8. The van der Waals surface area contributed by atoms with Gasteiger partial charge in [0.2, 0.25) is 0 Å². The third-order valence-electron chi connectivity index (χ3n) is 5.63. The zero-order chi connectivity index (χ0) is 21.5. The molecule has 0 aliphatic carbocycles. The van der Waals surface area contributed by atoms with Gasteiger partial charge in [0.05, 0.1) is 11.8 Å². The van der Waals surface area contributed by atoms with E-state index in [9.17, 15) is 9.90 Å². The van der Waals surface area contributed by atoms with Crippen LogP contribution in [0, 0.1) is 11.8 Å². The number of aromatic nitrogens is 3. The molecule has 1 aliphatic rings. The van der Waals surface area contributed by atoms with Crippen molar-refractivity contribution in [3.05, 3.63) is 53.7 Å². The van der Waals surface area contributed by atoms with Gasteiger partial charge in [-0.3, -0.25) is 4.79 Å². The molecule has 1 fully saturated rings. The van der Waals surface area contributed by atoms with Crippen LogP contribution in [0.1, 0.15) is 50.0 Å². The molecular weight excluding hydrogens is 378 g/mol. The van der Waals surface area contributed by atoms with Crippen molar-refractivity contribution in [2.24, 2.45) is 11.8 Å². The Morgan fingerprint density at radius 2 is 1.80 bits per heavy atom. The van der Waals surface area contributed by atoms with Crippen LogP contribution in [0.25, 0.3) is 5.65 Å². The number of rotatable bonds is 4. The summed E-state index contributed by atoms with van der Waals surface area (Å²) < 4.78 is 1.83. The van der Waals surface area contributed by atoms with Crippen molar-refractivity contribution in [3.63, 3.8) is 0 Å². The van der Waals surface area contributed by atoms with Crippen molar-refractivity contribution in [2.75, 3.05) is 23.3 Å². The third kappa shape index (κ3) is 4.16. The summed E-state index contributed by atoms with van der Waals surface area (Å²) >= 11 is 0. The van der Waals surface area contributed by atoms with E-state index in [4.69, 9.17) is 0 Å². The van der Waals surface area contributed by atoms with Crippen LogP contribution in [0.5, 0.6) is 0 Å². The summed E-state index contributed by atoms with van der Waals surface area (Å²) in [5, 5.41) is 17.5. The molecule has 3 aromatic rings. The van der Waals surface area contributed by atoms with Crippen LogP contribution < -0.4 is 10.2 Å². The standard InChI is InChI=1S/C23H29N5O2/c1-15-11-16(2)14-27(13-15)21-12-19(25-20-9-10-24-28(20)21)26-22(29)17-5-7-18(8-6-17)23(3,4)30/h5-10,12,15-16,30H,11,13-14H2,1-4H3,(H,25,26,29). The van der Waals surface area contributed by atoms with Gasteiger partial charge in [0, 0.05) is 30.8 Å². The van der Waals surface area contributed by atoms with E-state index in [1.54, 1.807) is 44.3 Å². The number of amides is 1. The lowest BCUT2D eigenvalue weighted by Gasteiger charge is -2.36. The molecule has 158 valence electrons. The number of nitrogens with zero attached hydrogens (tertiary/aromatic N) is 4. The second-order valence-electron chi connectivity index (χ2n) is 9.04. The molecule has 4 rings (SSSR count). The number of fused-ring (bicyclic) bond motifs is 1. The molecule has 1 amide bonds. The Morgan fingerprint density at radius 1 is 1.13 bits per heavy atom. The smallest absolute Gasteiger partial charge is 0.256 e. The fraction of sp³-hybridized carbons (Fsp3) is 0.435. The summed E-state index contributed by atoms with van der Waals surface area (Å²) in [6.07, 6.45) is 2.94. The number of carbonyl (C=O) groups excluding carboxylic acids is 1. The Labute approximate surface area is 176 Å². The van der Waals surface area contributed by atoms with Crippen molar-refractivity contribution in [1.29, 1.82) is 0 Å². The highest BCUT2D eigenvalue weighted by Gasteiger charge is 2.25. The quantitative estimate of drug-likeness (QED) is 0.689. The zero-order valence-electron chi connectivity index (χ0n) is 18.0. The molecule has 0 bridgehead atoms. The summed E-state index contributed by atoms with van der Waals surface area (Å²) in [6.45, 7) is 9.88. The molecule has 2 N–H and O–H groups in total. The van der Waals surface area contributed by atoms with E-state index >= 15 is 0 Å². The normalized spacial score (nSPS) is 19.8. The summed E-state index contributed by atoms with van der Waals surface area (Å²) in [5.41, 5.74) is 1.03. The van der Waals surface area contributed by atoms with E-state index in [2.05, 4.69) is 34.1 Å². The van der Waals surface area contributed by atoms with E-state index in [0.29, 0.717) is 28.9 Å². The second-order valence-corrected chi connectivity index (χ2v) is 9.04. The first-order valence-electron chi connectivity index (χ1n) is 10.4. The van der Waals surface area contributed by atoms with Gasteiger partial charge in [-0.15, -0.1) is 0 Å². The predicted octanol–water partition coefficient (Wildman–Crippen LogP) is 3.69. The molecule has 1 aliphatic heterocycles. The SMILES string of the molecule is CC1CC(C)CN(c2cc(NC(=O)c3ccc(C(C)(C)O)cc3)nc3ccnn23)C1. The van der Waals surface area contributed by atoms with Crippen molar-refractivity contribution in [1.82, 2.24) is 14.6 Å². The Hall–Kier alpha value is -2.93. The van der Waals surface area contributed by atoms with Gasteiger partial charge in [0.1, 0.15) is 11.6 Å². The van der Waals surface area contributed by atoms with Crippen LogP contribution in [0.15, 0.2) is 42.6 Å². The molecule has 0 spiro atoms. The maximum absolute atomic E-state index is 12.8. The summed E-state index contributed by atoms with van der Waals surface area (Å²) in [5.74, 6) is 2.40. The number of carbonyl (C=O) groups is 1. The van der Waals surface area contributed by atoms with Crippen LogP contribution in [0.4, 0.5) is 11.6 Å². The number of aliphatic hydroxyl groups is 1. The van der Waals surface area contributed by atoms with Gasteiger partial charge in [-0.1, -0.05) is 26.0 Å². The lowest BCUT2D eigenvalue weighted by atomic mass is 9.92. The molecule has 7 heteroatoms. The van der Waals surface area contributed by atoms with Gasteiger partial charge in [-0.2, -0.15) is 9.61 Å². The lowest BCUT2D eigenvalue weighted by Crippen LogP contribution is -2.39. The molecule has 3 heterocycles. The first-order valence-corrected chi connectivity index (χ1v) is 10.4. The summed E-state index contributed by atoms with van der Waals surface area (Å²) in [4.78, 5) is 19.7. The van der Waals surface area contributed by atoms with Crippen molar-refractivity contribution < 1.29 is 9.90 Å². The fourth-order valence-corrected chi connectivity index (χ4v) is 4.25. The fourth-order valence-electron chi connectivity index (χ4n) is 4.25. The topological polar surface area (TPSA) is 82.8 Å². The monoisotopic (exact) mass is 407 g/mol. The lowest BCUT2D eigenvalue weighted by molar-refractivity contribution is 0.0785. The Balaban J connectivity index is 1.61. The number of nitrogens with one attached hydrogen (secondary N) is 1. The summed E-state index contributed by atoms with van der Waals surface area (Å²) in [7, 11) is 0. The Morgan fingerprint density at radius 3 is 2.43 bits per heavy atom. The molecule has 2 atom stereocenters. The van der Waals surface area contributed by atoms with Gasteiger partial charge in [-0.25, -0.2) is 4.98 Å². The molecule has 0 radical (unpaired) electrons. The molecule has 0 saturated carbocycles. The molecule has 1 saturated heterocycles. The largest absolute Gasteiger partial charge is 0.386 e. The minimum Gasteiger partial charge on any atom is -0.386 e. The van der Waals surface area contributed by atoms with Crippen LogP contribution in [0.3, 0.4) is 0 Å². The van der Waals surface area contributed by atoms with E-state index in [0.717, 1.165) is 24.5 Å². The van der Waals surface area contributed by atoms with Crippen molar-refractivity contribution in [3.8, 4) is 0 Å². The molecular formula is C23H29N5O2. The van der Waals surface area contributed by atoms with E-state index in [-0.39, 0.29) is 5.91 Å². The van der Waals surface area contributed by atoms with Gasteiger partial charge < -0.3 is 15.3 Å². The van der Waals surface area contributed by atoms with E-state index in [1.165, 1.54) is 6.42 Å².